The highest BCUT2D eigenvalue weighted by Crippen LogP contribution is 2.40. The first-order valence-electron chi connectivity index (χ1n) is 10.2. The van der Waals surface area contributed by atoms with Gasteiger partial charge in [-0.3, -0.25) is 9.58 Å². The van der Waals surface area contributed by atoms with Gasteiger partial charge in [0.2, 0.25) is 5.95 Å². The Labute approximate surface area is 178 Å². The fourth-order valence-electron chi connectivity index (χ4n) is 4.49. The van der Waals surface area contributed by atoms with Gasteiger partial charge in [0.15, 0.2) is 0 Å². The molecule has 3 heterocycles. The predicted molar refractivity (Wildman–Crippen MR) is 107 cm³/mol. The number of nitrogens with zero attached hydrogens (tertiary/aromatic N) is 5. The number of likely N-dealkylation sites (tertiary alicyclic amines) is 1. The third-order valence-corrected chi connectivity index (χ3v) is 5.82. The van der Waals surface area contributed by atoms with Gasteiger partial charge in [0.05, 0.1) is 6.20 Å². The molecule has 2 N–H and O–H groups in total. The van der Waals surface area contributed by atoms with Gasteiger partial charge in [-0.05, 0) is 36.7 Å². The maximum Gasteiger partial charge on any atom is 0.490 e. The SMILES string of the molecule is Cn1cc(CN2C[C@H]3CCC[C@@H](CNc4ncccn4)[C@H]3C2)cn1.O=C(O)C(F)(F)F. The number of aliphatic carboxylic acids is 1. The lowest BCUT2D eigenvalue weighted by Gasteiger charge is -2.33. The maximum absolute atomic E-state index is 10.6. The summed E-state index contributed by atoms with van der Waals surface area (Å²) in [6.07, 6.45) is 6.69. The second-order valence-electron chi connectivity index (χ2n) is 8.09. The molecule has 2 aliphatic rings. The molecule has 0 aromatic carbocycles. The summed E-state index contributed by atoms with van der Waals surface area (Å²) in [5.41, 5.74) is 1.32. The Hall–Kier alpha value is -2.69. The number of fused-ring (bicyclic) bond motifs is 1. The molecule has 2 aromatic heterocycles. The van der Waals surface area contributed by atoms with Gasteiger partial charge in [-0.15, -0.1) is 0 Å². The number of aromatic nitrogens is 4. The Morgan fingerprint density at radius 3 is 2.58 bits per heavy atom. The van der Waals surface area contributed by atoms with E-state index in [2.05, 4.69) is 31.5 Å². The van der Waals surface area contributed by atoms with Gasteiger partial charge in [-0.1, -0.05) is 6.42 Å². The average molecular weight is 440 g/mol. The van der Waals surface area contributed by atoms with Crippen molar-refractivity contribution in [3.8, 4) is 0 Å². The summed E-state index contributed by atoms with van der Waals surface area (Å²) in [5, 5.41) is 14.9. The molecule has 1 aliphatic heterocycles. The Kier molecular flexibility index (Phi) is 7.47. The minimum absolute atomic E-state index is 0.728. The highest BCUT2D eigenvalue weighted by Gasteiger charge is 2.40. The zero-order valence-corrected chi connectivity index (χ0v) is 17.3. The number of rotatable bonds is 5. The summed E-state index contributed by atoms with van der Waals surface area (Å²) >= 11 is 0. The van der Waals surface area contributed by atoms with Crippen LogP contribution in [0.3, 0.4) is 0 Å². The Balaban J connectivity index is 0.000000339. The minimum Gasteiger partial charge on any atom is -0.475 e. The van der Waals surface area contributed by atoms with E-state index in [1.54, 1.807) is 12.4 Å². The first-order chi connectivity index (χ1) is 14.7. The maximum atomic E-state index is 10.6. The van der Waals surface area contributed by atoms with Crippen molar-refractivity contribution >= 4 is 11.9 Å². The number of alkyl halides is 3. The summed E-state index contributed by atoms with van der Waals surface area (Å²) < 4.78 is 33.6. The molecule has 1 aliphatic carbocycles. The quantitative estimate of drug-likeness (QED) is 0.738. The lowest BCUT2D eigenvalue weighted by molar-refractivity contribution is -0.192. The number of hydrogen-bond donors (Lipinski definition) is 2. The van der Waals surface area contributed by atoms with E-state index in [-0.39, 0.29) is 0 Å². The van der Waals surface area contributed by atoms with Crippen molar-refractivity contribution in [2.75, 3.05) is 25.0 Å². The van der Waals surface area contributed by atoms with Gasteiger partial charge < -0.3 is 10.4 Å². The summed E-state index contributed by atoms with van der Waals surface area (Å²) in [6, 6.07) is 1.86. The average Bonchev–Trinajstić information content (AvgIpc) is 3.32. The smallest absolute Gasteiger partial charge is 0.475 e. The summed E-state index contributed by atoms with van der Waals surface area (Å²) in [7, 11) is 1.99. The molecule has 3 atom stereocenters. The lowest BCUT2D eigenvalue weighted by Crippen LogP contribution is -2.32. The molecule has 0 spiro atoms. The van der Waals surface area contributed by atoms with Crippen LogP contribution in [0, 0.1) is 17.8 Å². The summed E-state index contributed by atoms with van der Waals surface area (Å²) in [6.45, 7) is 4.47. The second kappa shape index (κ2) is 10.1. The number of anilines is 1. The molecular formula is C20H27F3N6O2. The monoisotopic (exact) mass is 440 g/mol. The first kappa shape index (κ1) is 23.0. The topological polar surface area (TPSA) is 96.2 Å². The zero-order valence-electron chi connectivity index (χ0n) is 17.3. The van der Waals surface area contributed by atoms with Crippen molar-refractivity contribution in [1.82, 2.24) is 24.6 Å². The summed E-state index contributed by atoms with van der Waals surface area (Å²) in [5.74, 6) is 0.370. The van der Waals surface area contributed by atoms with Gasteiger partial charge in [0.25, 0.3) is 0 Å². The van der Waals surface area contributed by atoms with Crippen molar-refractivity contribution < 1.29 is 23.1 Å². The normalized spacial score (nSPS) is 23.5. The molecular weight excluding hydrogens is 413 g/mol. The van der Waals surface area contributed by atoms with Crippen LogP contribution in [-0.4, -0.2) is 61.5 Å². The molecule has 8 nitrogen and oxygen atoms in total. The number of carboxylic acids is 1. The largest absolute Gasteiger partial charge is 0.490 e. The van der Waals surface area contributed by atoms with Crippen LogP contribution in [0.25, 0.3) is 0 Å². The van der Waals surface area contributed by atoms with E-state index >= 15 is 0 Å². The summed E-state index contributed by atoms with van der Waals surface area (Å²) in [4.78, 5) is 20.1. The van der Waals surface area contributed by atoms with Crippen molar-refractivity contribution in [1.29, 1.82) is 0 Å². The van der Waals surface area contributed by atoms with E-state index in [1.165, 1.54) is 37.9 Å². The van der Waals surface area contributed by atoms with Crippen LogP contribution in [-0.2, 0) is 18.4 Å². The van der Waals surface area contributed by atoms with Crippen LogP contribution in [0.15, 0.2) is 30.9 Å². The van der Waals surface area contributed by atoms with Crippen LogP contribution in [0.5, 0.6) is 0 Å². The van der Waals surface area contributed by atoms with E-state index in [0.29, 0.717) is 0 Å². The molecule has 0 bridgehead atoms. The van der Waals surface area contributed by atoms with Crippen LogP contribution < -0.4 is 5.32 Å². The van der Waals surface area contributed by atoms with Crippen molar-refractivity contribution in [2.45, 2.75) is 32.0 Å². The number of aryl methyl sites for hydroxylation is 1. The molecule has 2 aromatic rings. The molecule has 2 fully saturated rings. The van der Waals surface area contributed by atoms with E-state index in [4.69, 9.17) is 9.90 Å². The van der Waals surface area contributed by atoms with Gasteiger partial charge >= 0.3 is 12.1 Å². The fourth-order valence-corrected chi connectivity index (χ4v) is 4.49. The van der Waals surface area contributed by atoms with Crippen LogP contribution >= 0.6 is 0 Å². The van der Waals surface area contributed by atoms with Gasteiger partial charge in [0.1, 0.15) is 0 Å². The molecule has 4 rings (SSSR count). The number of carboxylic acid groups (broad SMARTS) is 1. The zero-order chi connectivity index (χ0) is 22.4. The first-order valence-corrected chi connectivity index (χ1v) is 10.2. The minimum atomic E-state index is -5.08. The standard InChI is InChI=1S/C18H26N6.C2HF3O2/c1-23-10-14(8-22-23)11-24-12-16-5-2-4-15(17(16)13-24)9-21-18-19-6-3-7-20-18;3-2(4,5)1(6)7/h3,6-8,10,15-17H,2,4-5,9,11-13H2,1H3,(H,19,20,21);(H,6,7)/t15-,16+,17+;/m0./s1. The van der Waals surface area contributed by atoms with E-state index in [0.717, 1.165) is 36.8 Å². The molecule has 0 unspecified atom stereocenters. The van der Waals surface area contributed by atoms with Gasteiger partial charge in [-0.25, -0.2) is 14.8 Å². The van der Waals surface area contributed by atoms with Crippen molar-refractivity contribution in [2.24, 2.45) is 24.8 Å². The molecule has 11 heteroatoms. The third kappa shape index (κ3) is 6.65. The van der Waals surface area contributed by atoms with Crippen molar-refractivity contribution in [3.63, 3.8) is 0 Å². The Morgan fingerprint density at radius 1 is 1.26 bits per heavy atom. The highest BCUT2D eigenvalue weighted by atomic mass is 19.4. The van der Waals surface area contributed by atoms with E-state index in [1.807, 2.05) is 24.0 Å². The van der Waals surface area contributed by atoms with E-state index in [9.17, 15) is 13.2 Å². The fraction of sp³-hybridized carbons (Fsp3) is 0.600. The Morgan fingerprint density at radius 2 is 1.97 bits per heavy atom. The molecule has 1 saturated carbocycles. The number of carbonyl (C=O) groups is 1. The lowest BCUT2D eigenvalue weighted by atomic mass is 9.74. The number of hydrogen-bond acceptors (Lipinski definition) is 6. The predicted octanol–water partition coefficient (Wildman–Crippen LogP) is 2.80. The van der Waals surface area contributed by atoms with Crippen LogP contribution in [0.4, 0.5) is 19.1 Å². The van der Waals surface area contributed by atoms with E-state index < -0.39 is 12.1 Å². The second-order valence-corrected chi connectivity index (χ2v) is 8.09. The Bertz CT molecular complexity index is 845. The van der Waals surface area contributed by atoms with Gasteiger partial charge in [-0.2, -0.15) is 18.3 Å². The highest BCUT2D eigenvalue weighted by molar-refractivity contribution is 5.73. The molecule has 1 saturated heterocycles. The molecule has 31 heavy (non-hydrogen) atoms. The molecule has 0 amide bonds. The molecule has 170 valence electrons. The third-order valence-electron chi connectivity index (χ3n) is 5.82. The number of halogens is 3. The number of nitrogens with one attached hydrogen (secondary N) is 1. The van der Waals surface area contributed by atoms with Crippen molar-refractivity contribution in [3.05, 3.63) is 36.4 Å². The van der Waals surface area contributed by atoms with Crippen LogP contribution in [0.1, 0.15) is 24.8 Å². The van der Waals surface area contributed by atoms with Gasteiger partial charge in [0, 0.05) is 57.4 Å². The molecule has 0 radical (unpaired) electrons. The van der Waals surface area contributed by atoms with Crippen LogP contribution in [0.2, 0.25) is 0 Å².